The van der Waals surface area contributed by atoms with Crippen molar-refractivity contribution < 1.29 is 29.3 Å². The Kier molecular flexibility index (Phi) is 7.10. The van der Waals surface area contributed by atoms with Crippen LogP contribution in [0.5, 0.6) is 23.0 Å². The van der Waals surface area contributed by atoms with Crippen LogP contribution < -0.4 is 20.1 Å². The summed E-state index contributed by atoms with van der Waals surface area (Å²) in [7, 11) is 0. The minimum absolute atomic E-state index is 0.0844. The molecule has 0 amide bonds. The molecule has 0 saturated heterocycles. The van der Waals surface area contributed by atoms with E-state index in [0.29, 0.717) is 34.2 Å². The third-order valence-corrected chi connectivity index (χ3v) is 6.39. The average Bonchev–Trinajstić information content (AvgIpc) is 2.89. The number of phenols is 2. The molecule has 8 nitrogen and oxygen atoms in total. The maximum atomic E-state index is 13.9. The van der Waals surface area contributed by atoms with E-state index < -0.39 is 11.6 Å². The molecule has 4 aromatic carbocycles. The van der Waals surface area contributed by atoms with Crippen molar-refractivity contribution in [2.24, 2.45) is 0 Å². The van der Waals surface area contributed by atoms with Gasteiger partial charge in [-0.15, -0.1) is 0 Å². The summed E-state index contributed by atoms with van der Waals surface area (Å²) in [5, 5.41) is 27.6. The van der Waals surface area contributed by atoms with Crippen molar-refractivity contribution in [2.75, 3.05) is 10.6 Å². The van der Waals surface area contributed by atoms with E-state index in [-0.39, 0.29) is 45.0 Å². The van der Waals surface area contributed by atoms with Gasteiger partial charge in [0, 0.05) is 11.4 Å². The van der Waals surface area contributed by atoms with Gasteiger partial charge in [-0.1, -0.05) is 0 Å². The number of rotatable bonds is 6. The van der Waals surface area contributed by atoms with Crippen LogP contribution >= 0.6 is 0 Å². The number of ketones is 2. The van der Waals surface area contributed by atoms with Gasteiger partial charge in [0.25, 0.3) is 0 Å². The molecule has 0 bridgehead atoms. The lowest BCUT2D eigenvalue weighted by Gasteiger charge is -2.25. The smallest absolute Gasteiger partial charge is 0.200 e. The molecule has 0 aliphatic heterocycles. The summed E-state index contributed by atoms with van der Waals surface area (Å²) in [5.41, 5.74) is 1.08. The summed E-state index contributed by atoms with van der Waals surface area (Å²) in [6.07, 6.45) is 0. The Bertz CT molecular complexity index is 1550. The highest BCUT2D eigenvalue weighted by Crippen LogP contribution is 2.43. The van der Waals surface area contributed by atoms with Gasteiger partial charge in [-0.05, 0) is 114 Å². The number of carbonyl (C=O) groups excluding carboxylic acids is 2. The Morgan fingerprint density at radius 3 is 1.14 bits per heavy atom. The van der Waals surface area contributed by atoms with Gasteiger partial charge in [-0.3, -0.25) is 9.59 Å². The van der Waals surface area contributed by atoms with Crippen LogP contribution in [-0.2, 0) is 0 Å². The van der Waals surface area contributed by atoms with E-state index in [4.69, 9.17) is 9.47 Å². The summed E-state index contributed by atoms with van der Waals surface area (Å²) in [6, 6.07) is 20.3. The van der Waals surface area contributed by atoms with Crippen molar-refractivity contribution in [3.63, 3.8) is 0 Å². The Labute approximate surface area is 244 Å². The molecule has 0 saturated carbocycles. The molecule has 1 aliphatic carbocycles. The van der Waals surface area contributed by atoms with Crippen LogP contribution in [0.4, 0.5) is 22.7 Å². The lowest BCUT2D eigenvalue weighted by atomic mass is 9.81. The predicted molar refractivity (Wildman–Crippen MR) is 163 cm³/mol. The summed E-state index contributed by atoms with van der Waals surface area (Å²) >= 11 is 0. The van der Waals surface area contributed by atoms with E-state index in [1.165, 1.54) is 12.1 Å². The average molecular weight is 567 g/mol. The minimum Gasteiger partial charge on any atom is -0.507 e. The highest BCUT2D eigenvalue weighted by Gasteiger charge is 2.38. The normalized spacial score (nSPS) is 12.8. The van der Waals surface area contributed by atoms with E-state index in [9.17, 15) is 19.8 Å². The van der Waals surface area contributed by atoms with Crippen molar-refractivity contribution in [1.29, 1.82) is 0 Å². The zero-order chi connectivity index (χ0) is 30.4. The summed E-state index contributed by atoms with van der Waals surface area (Å²) in [6.45, 7) is 11.8. The third-order valence-electron chi connectivity index (χ3n) is 6.39. The Balaban J connectivity index is 1.56. The van der Waals surface area contributed by atoms with Gasteiger partial charge in [-0.25, -0.2) is 0 Å². The standard InChI is InChI=1S/C34H34N2O6/c1-33(2,3)41-21-11-7-19(8-12-21)35-23-15-16-24(36-20-9-13-22(14-10-20)42-34(4,5)6)28-27(23)31(39)29-25(37)17-18-26(38)30(29)32(28)40/h7-18,35-38H,1-6H3. The molecular formula is C34H34N2O6. The number of ether oxygens (including phenoxy) is 2. The second-order valence-corrected chi connectivity index (χ2v) is 12.2. The van der Waals surface area contributed by atoms with Crippen LogP contribution in [0.25, 0.3) is 0 Å². The molecule has 4 N–H and O–H groups in total. The molecule has 5 rings (SSSR count). The van der Waals surface area contributed by atoms with Crippen LogP contribution in [0.2, 0.25) is 0 Å². The van der Waals surface area contributed by atoms with Gasteiger partial charge in [-0.2, -0.15) is 0 Å². The fraction of sp³-hybridized carbons (Fsp3) is 0.235. The number of phenolic OH excluding ortho intramolecular Hbond substituents is 2. The Hall–Kier alpha value is -4.98. The number of anilines is 4. The van der Waals surface area contributed by atoms with Crippen LogP contribution in [0, 0.1) is 0 Å². The monoisotopic (exact) mass is 566 g/mol. The lowest BCUT2D eigenvalue weighted by Crippen LogP contribution is -2.24. The molecule has 0 aromatic heterocycles. The molecule has 0 atom stereocenters. The molecule has 0 heterocycles. The molecule has 8 heteroatoms. The Morgan fingerprint density at radius 1 is 0.500 bits per heavy atom. The van der Waals surface area contributed by atoms with Crippen molar-refractivity contribution in [3.8, 4) is 23.0 Å². The largest absolute Gasteiger partial charge is 0.507 e. The summed E-state index contributed by atoms with van der Waals surface area (Å²) < 4.78 is 11.8. The van der Waals surface area contributed by atoms with Crippen LogP contribution in [0.15, 0.2) is 72.8 Å². The van der Waals surface area contributed by atoms with Gasteiger partial charge >= 0.3 is 0 Å². The lowest BCUT2D eigenvalue weighted by molar-refractivity contribution is 0.0975. The summed E-state index contributed by atoms with van der Waals surface area (Å²) in [4.78, 5) is 27.8. The quantitative estimate of drug-likeness (QED) is 0.154. The maximum Gasteiger partial charge on any atom is 0.200 e. The zero-order valence-corrected chi connectivity index (χ0v) is 24.5. The van der Waals surface area contributed by atoms with Crippen LogP contribution in [0.1, 0.15) is 73.4 Å². The van der Waals surface area contributed by atoms with E-state index in [1.54, 1.807) is 12.1 Å². The van der Waals surface area contributed by atoms with Gasteiger partial charge in [0.05, 0.1) is 33.6 Å². The zero-order valence-electron chi connectivity index (χ0n) is 24.5. The molecule has 0 radical (unpaired) electrons. The fourth-order valence-corrected chi connectivity index (χ4v) is 4.80. The van der Waals surface area contributed by atoms with Crippen molar-refractivity contribution >= 4 is 34.3 Å². The van der Waals surface area contributed by atoms with Gasteiger partial charge in [0.15, 0.2) is 0 Å². The number of hydrogen-bond donors (Lipinski definition) is 4. The third kappa shape index (κ3) is 5.88. The molecule has 0 spiro atoms. The van der Waals surface area contributed by atoms with Crippen molar-refractivity contribution in [3.05, 3.63) is 95.1 Å². The number of nitrogens with one attached hydrogen (secondary N) is 2. The van der Waals surface area contributed by atoms with Crippen molar-refractivity contribution in [1.82, 2.24) is 0 Å². The SMILES string of the molecule is CC(C)(C)Oc1ccc(Nc2ccc(Nc3ccc(OC(C)(C)C)cc3)c3c2C(=O)c2c(O)ccc(O)c2C3=O)cc1. The van der Waals surface area contributed by atoms with Crippen molar-refractivity contribution in [2.45, 2.75) is 52.7 Å². The number of fused-ring (bicyclic) bond motifs is 2. The Morgan fingerprint density at radius 2 is 0.833 bits per heavy atom. The first kappa shape index (κ1) is 28.5. The van der Waals surface area contributed by atoms with E-state index in [0.717, 1.165) is 0 Å². The topological polar surface area (TPSA) is 117 Å². The molecule has 0 fully saturated rings. The first-order chi connectivity index (χ1) is 19.7. The molecule has 42 heavy (non-hydrogen) atoms. The highest BCUT2D eigenvalue weighted by molar-refractivity contribution is 6.33. The second-order valence-electron chi connectivity index (χ2n) is 12.2. The minimum atomic E-state index is -0.583. The second kappa shape index (κ2) is 10.4. The van der Waals surface area contributed by atoms with E-state index >= 15 is 0 Å². The molecule has 4 aromatic rings. The number of carbonyl (C=O) groups is 2. The first-order valence-electron chi connectivity index (χ1n) is 13.6. The highest BCUT2D eigenvalue weighted by atomic mass is 16.5. The van der Waals surface area contributed by atoms with Gasteiger partial charge < -0.3 is 30.3 Å². The molecule has 216 valence electrons. The van der Waals surface area contributed by atoms with Gasteiger partial charge in [0.1, 0.15) is 34.2 Å². The molecular weight excluding hydrogens is 532 g/mol. The van der Waals surface area contributed by atoms with E-state index in [1.807, 2.05) is 90.1 Å². The number of hydrogen-bond acceptors (Lipinski definition) is 8. The molecule has 1 aliphatic rings. The van der Waals surface area contributed by atoms with Crippen LogP contribution in [-0.4, -0.2) is 33.0 Å². The number of aromatic hydroxyl groups is 2. The fourth-order valence-electron chi connectivity index (χ4n) is 4.80. The van der Waals surface area contributed by atoms with Crippen LogP contribution in [0.3, 0.4) is 0 Å². The first-order valence-corrected chi connectivity index (χ1v) is 13.6. The summed E-state index contributed by atoms with van der Waals surface area (Å²) in [5.74, 6) is -0.548. The van der Waals surface area contributed by atoms with Gasteiger partial charge in [0.2, 0.25) is 11.6 Å². The molecule has 0 unspecified atom stereocenters. The maximum absolute atomic E-state index is 13.9. The van der Waals surface area contributed by atoms with E-state index in [2.05, 4.69) is 10.6 Å². The predicted octanol–water partition coefficient (Wildman–Crippen LogP) is 7.72. The number of benzene rings is 4.